The Morgan fingerprint density at radius 2 is 1.62 bits per heavy atom. The molecule has 1 atom stereocenters. The van der Waals surface area contributed by atoms with E-state index in [1.807, 2.05) is 62.4 Å². The molecular formula is C40H43N3O5S2. The standard InChI is InChI=1S/C40H43N3O5S2/c1-4-33(38(46)43-39-35(40(47)48-5-2)31-22-11-6-7-12-23-34(31)50-39)49-30-21-15-20-29(25-30)41-37(45)32(24-28-19-14-13-16-26(28)3)42-36(44)27-17-9-8-10-18-27/h8-10,13-21,24-25,33H,4-7,11-12,22-23H2,1-3H3,(H,41,45)(H,42,44)(H,43,46)/b32-24-. The molecule has 0 saturated heterocycles. The number of ether oxygens (including phenoxy) is 1. The second-order valence-corrected chi connectivity index (χ2v) is 14.4. The van der Waals surface area contributed by atoms with Crippen LogP contribution in [0.1, 0.15) is 88.2 Å². The number of carbonyl (C=O) groups excluding carboxylic acids is 4. The number of carbonyl (C=O) groups is 4. The average molecular weight is 710 g/mol. The zero-order valence-corrected chi connectivity index (χ0v) is 30.3. The first-order valence-corrected chi connectivity index (χ1v) is 18.8. The maximum atomic E-state index is 13.7. The van der Waals surface area contributed by atoms with Gasteiger partial charge in [0.1, 0.15) is 10.7 Å². The van der Waals surface area contributed by atoms with Crippen molar-refractivity contribution in [2.24, 2.45) is 0 Å². The SMILES string of the molecule is CCOC(=O)c1c(NC(=O)C(CC)Sc2cccc(NC(=O)/C(=C/c3ccccc3C)NC(=O)c3ccccc3)c2)sc2c1CCCCCC2. The summed E-state index contributed by atoms with van der Waals surface area (Å²) in [5.74, 6) is -1.46. The third-order valence-electron chi connectivity index (χ3n) is 8.44. The second-order valence-electron chi connectivity index (χ2n) is 12.1. The van der Waals surface area contributed by atoms with Crippen molar-refractivity contribution in [2.45, 2.75) is 75.9 Å². The largest absolute Gasteiger partial charge is 0.462 e. The summed E-state index contributed by atoms with van der Waals surface area (Å²) in [5.41, 5.74) is 4.32. The van der Waals surface area contributed by atoms with Gasteiger partial charge in [0.25, 0.3) is 11.8 Å². The van der Waals surface area contributed by atoms with Gasteiger partial charge in [0.2, 0.25) is 5.91 Å². The number of rotatable bonds is 12. The monoisotopic (exact) mass is 709 g/mol. The summed E-state index contributed by atoms with van der Waals surface area (Å²) in [6.45, 7) is 5.93. The van der Waals surface area contributed by atoms with Gasteiger partial charge in [-0.15, -0.1) is 23.1 Å². The van der Waals surface area contributed by atoms with Gasteiger partial charge in [-0.25, -0.2) is 4.79 Å². The molecular weight excluding hydrogens is 667 g/mol. The molecule has 0 spiro atoms. The van der Waals surface area contributed by atoms with Gasteiger partial charge >= 0.3 is 5.97 Å². The molecule has 1 aliphatic rings. The molecule has 8 nitrogen and oxygen atoms in total. The van der Waals surface area contributed by atoms with Crippen molar-refractivity contribution in [3.05, 3.63) is 117 Å². The van der Waals surface area contributed by atoms with E-state index >= 15 is 0 Å². The highest BCUT2D eigenvalue weighted by Gasteiger charge is 2.28. The molecule has 1 aromatic heterocycles. The molecule has 1 aliphatic carbocycles. The van der Waals surface area contributed by atoms with Crippen molar-refractivity contribution in [3.63, 3.8) is 0 Å². The van der Waals surface area contributed by atoms with Crippen LogP contribution in [0.25, 0.3) is 6.08 Å². The summed E-state index contributed by atoms with van der Waals surface area (Å²) in [6, 6.07) is 23.6. The zero-order chi connectivity index (χ0) is 35.5. The third-order valence-corrected chi connectivity index (χ3v) is 11.0. The Labute approximate surface area is 302 Å². The van der Waals surface area contributed by atoms with Gasteiger partial charge in [0.15, 0.2) is 0 Å². The summed E-state index contributed by atoms with van der Waals surface area (Å²) in [6.07, 6.45) is 8.26. The zero-order valence-electron chi connectivity index (χ0n) is 28.7. The molecule has 50 heavy (non-hydrogen) atoms. The number of fused-ring (bicyclic) bond motifs is 1. The van der Waals surface area contributed by atoms with Gasteiger partial charge < -0.3 is 20.7 Å². The quantitative estimate of drug-likeness (QED) is 0.0770. The normalized spacial score (nSPS) is 13.6. The Hall–Kier alpha value is -4.67. The Balaban J connectivity index is 1.33. The fourth-order valence-electron chi connectivity index (χ4n) is 5.80. The van der Waals surface area contributed by atoms with E-state index in [4.69, 9.17) is 4.74 Å². The van der Waals surface area contributed by atoms with Crippen molar-refractivity contribution in [1.29, 1.82) is 0 Å². The van der Waals surface area contributed by atoms with Crippen LogP contribution in [0.2, 0.25) is 0 Å². The first kappa shape index (κ1) is 36.6. The van der Waals surface area contributed by atoms with Gasteiger partial charge in [-0.05, 0) is 99.0 Å². The van der Waals surface area contributed by atoms with Gasteiger partial charge in [-0.2, -0.15) is 0 Å². The van der Waals surface area contributed by atoms with Crippen molar-refractivity contribution >= 4 is 63.6 Å². The first-order valence-electron chi connectivity index (χ1n) is 17.1. The van der Waals surface area contributed by atoms with Crippen molar-refractivity contribution in [1.82, 2.24) is 5.32 Å². The van der Waals surface area contributed by atoms with Gasteiger partial charge in [0, 0.05) is 21.0 Å². The van der Waals surface area contributed by atoms with Crippen LogP contribution in [-0.2, 0) is 27.2 Å². The van der Waals surface area contributed by atoms with Gasteiger partial charge in [0.05, 0.1) is 17.4 Å². The number of nitrogens with one attached hydrogen (secondary N) is 3. The predicted octanol–water partition coefficient (Wildman–Crippen LogP) is 8.81. The molecule has 3 amide bonds. The number of esters is 1. The van der Waals surface area contributed by atoms with E-state index in [2.05, 4.69) is 16.0 Å². The van der Waals surface area contributed by atoms with Crippen molar-refractivity contribution < 1.29 is 23.9 Å². The van der Waals surface area contributed by atoms with Crippen molar-refractivity contribution in [2.75, 3.05) is 17.2 Å². The fourth-order valence-corrected chi connectivity index (χ4v) is 8.09. The summed E-state index contributed by atoms with van der Waals surface area (Å²) in [7, 11) is 0. The van der Waals surface area contributed by atoms with E-state index in [-0.39, 0.29) is 24.2 Å². The number of benzene rings is 3. The number of aryl methyl sites for hydroxylation is 2. The number of amides is 3. The number of hydrogen-bond donors (Lipinski definition) is 3. The lowest BCUT2D eigenvalue weighted by atomic mass is 9.96. The van der Waals surface area contributed by atoms with Crippen LogP contribution in [0, 0.1) is 6.92 Å². The molecule has 3 N–H and O–H groups in total. The Morgan fingerprint density at radius 1 is 0.880 bits per heavy atom. The van der Waals surface area contributed by atoms with Crippen LogP contribution in [-0.4, -0.2) is 35.5 Å². The minimum absolute atomic E-state index is 0.0967. The first-order chi connectivity index (χ1) is 24.3. The highest BCUT2D eigenvalue weighted by atomic mass is 32.2. The Kier molecular flexibility index (Phi) is 13.1. The van der Waals surface area contributed by atoms with Crippen molar-refractivity contribution in [3.8, 4) is 0 Å². The van der Waals surface area contributed by atoms with E-state index in [1.165, 1.54) is 23.1 Å². The molecule has 0 saturated carbocycles. The molecule has 1 heterocycles. The molecule has 3 aromatic carbocycles. The van der Waals surface area contributed by atoms with Gasteiger partial charge in [-0.3, -0.25) is 14.4 Å². The van der Waals surface area contributed by atoms with Crippen LogP contribution in [0.5, 0.6) is 0 Å². The van der Waals surface area contributed by atoms with E-state index in [1.54, 1.807) is 43.3 Å². The fraction of sp³-hybridized carbons (Fsp3) is 0.300. The van der Waals surface area contributed by atoms with Gasteiger partial charge in [-0.1, -0.05) is 68.3 Å². The topological polar surface area (TPSA) is 114 Å². The Bertz CT molecular complexity index is 1870. The number of thiophene rings is 1. The van der Waals surface area contributed by atoms with Crippen LogP contribution in [0.15, 0.2) is 89.5 Å². The van der Waals surface area contributed by atoms with Crippen LogP contribution < -0.4 is 16.0 Å². The second kappa shape index (κ2) is 17.8. The molecule has 10 heteroatoms. The smallest absolute Gasteiger partial charge is 0.341 e. The molecule has 0 radical (unpaired) electrons. The molecule has 260 valence electrons. The minimum atomic E-state index is -0.482. The highest BCUT2D eigenvalue weighted by molar-refractivity contribution is 8.00. The number of anilines is 2. The third kappa shape index (κ3) is 9.52. The lowest BCUT2D eigenvalue weighted by molar-refractivity contribution is -0.116. The Morgan fingerprint density at radius 3 is 2.36 bits per heavy atom. The maximum Gasteiger partial charge on any atom is 0.341 e. The predicted molar refractivity (Wildman–Crippen MR) is 203 cm³/mol. The molecule has 1 unspecified atom stereocenters. The summed E-state index contributed by atoms with van der Waals surface area (Å²) in [4.78, 5) is 55.5. The molecule has 5 rings (SSSR count). The van der Waals surface area contributed by atoms with E-state index in [0.717, 1.165) is 65.0 Å². The summed E-state index contributed by atoms with van der Waals surface area (Å²) >= 11 is 2.88. The molecule has 0 bridgehead atoms. The minimum Gasteiger partial charge on any atom is -0.462 e. The van der Waals surface area contributed by atoms with E-state index in [9.17, 15) is 19.2 Å². The van der Waals surface area contributed by atoms with Crippen LogP contribution >= 0.6 is 23.1 Å². The summed E-state index contributed by atoms with van der Waals surface area (Å²) < 4.78 is 5.42. The molecule has 0 fully saturated rings. The number of thioether (sulfide) groups is 1. The van der Waals surface area contributed by atoms with Crippen LogP contribution in [0.4, 0.5) is 10.7 Å². The lowest BCUT2D eigenvalue weighted by Crippen LogP contribution is -2.30. The maximum absolute atomic E-state index is 13.7. The molecule has 0 aliphatic heterocycles. The van der Waals surface area contributed by atoms with Crippen LogP contribution in [0.3, 0.4) is 0 Å². The highest BCUT2D eigenvalue weighted by Crippen LogP contribution is 2.38. The average Bonchev–Trinajstić information content (AvgIpc) is 3.43. The van der Waals surface area contributed by atoms with E-state index < -0.39 is 17.1 Å². The lowest BCUT2D eigenvalue weighted by Gasteiger charge is -2.16. The number of hydrogen-bond acceptors (Lipinski definition) is 7. The molecule has 4 aromatic rings. The summed E-state index contributed by atoms with van der Waals surface area (Å²) in [5, 5.41) is 8.90. The van der Waals surface area contributed by atoms with E-state index in [0.29, 0.717) is 28.2 Å².